The fourth-order valence-electron chi connectivity index (χ4n) is 4.50. The molecule has 0 bridgehead atoms. The topological polar surface area (TPSA) is 32.7 Å². The van der Waals surface area contributed by atoms with E-state index in [0.717, 1.165) is 24.0 Å². The molecule has 3 nitrogen and oxygen atoms in total. The maximum Gasteiger partial charge on any atom is 0.119 e. The largest absolute Gasteiger partial charge is 0.497 e. The number of rotatable bonds is 7. The van der Waals surface area contributed by atoms with Gasteiger partial charge in [-0.1, -0.05) is 28.8 Å². The summed E-state index contributed by atoms with van der Waals surface area (Å²) >= 11 is 3.69. The van der Waals surface area contributed by atoms with E-state index < -0.39 is 0 Å². The van der Waals surface area contributed by atoms with Gasteiger partial charge in [0.15, 0.2) is 0 Å². The summed E-state index contributed by atoms with van der Waals surface area (Å²) in [5.74, 6) is 3.17. The average molecular weight is 410 g/mol. The molecule has 140 valence electrons. The minimum Gasteiger partial charge on any atom is -0.497 e. The van der Waals surface area contributed by atoms with Crippen LogP contribution in [0.5, 0.6) is 5.75 Å². The lowest BCUT2D eigenvalue weighted by molar-refractivity contribution is 0.158. The van der Waals surface area contributed by atoms with Crippen molar-refractivity contribution in [2.75, 3.05) is 33.4 Å². The summed E-state index contributed by atoms with van der Waals surface area (Å²) in [5.41, 5.74) is 1.37. The molecule has 1 aromatic carbocycles. The molecule has 1 unspecified atom stereocenters. The Balaban J connectivity index is 1.42. The highest BCUT2D eigenvalue weighted by Gasteiger charge is 2.25. The Labute approximate surface area is 160 Å². The quantitative estimate of drug-likeness (QED) is 0.718. The van der Waals surface area contributed by atoms with E-state index in [-0.39, 0.29) is 0 Å². The van der Waals surface area contributed by atoms with Gasteiger partial charge in [-0.25, -0.2) is 0 Å². The van der Waals surface area contributed by atoms with Gasteiger partial charge in [0.25, 0.3) is 0 Å². The maximum atomic E-state index is 9.26. The van der Waals surface area contributed by atoms with Gasteiger partial charge >= 0.3 is 0 Å². The van der Waals surface area contributed by atoms with Crippen molar-refractivity contribution in [2.45, 2.75) is 44.9 Å². The number of ether oxygens (including phenoxy) is 1. The molecule has 1 N–H and O–H groups in total. The fourth-order valence-corrected chi connectivity index (χ4v) is 4.90. The molecule has 0 aromatic heterocycles. The zero-order valence-corrected chi connectivity index (χ0v) is 17.0. The number of hydrogen-bond donors (Lipinski definition) is 1. The molecule has 1 aliphatic heterocycles. The van der Waals surface area contributed by atoms with Gasteiger partial charge in [-0.2, -0.15) is 0 Å². The Morgan fingerprint density at radius 1 is 1.12 bits per heavy atom. The second-order valence-electron chi connectivity index (χ2n) is 7.97. The Bertz CT molecular complexity index is 543. The lowest BCUT2D eigenvalue weighted by Crippen LogP contribution is -2.26. The number of aliphatic hydroxyl groups is 1. The Morgan fingerprint density at radius 3 is 2.60 bits per heavy atom. The van der Waals surface area contributed by atoms with Crippen molar-refractivity contribution in [1.82, 2.24) is 4.90 Å². The van der Waals surface area contributed by atoms with Crippen LogP contribution in [-0.4, -0.2) is 43.4 Å². The van der Waals surface area contributed by atoms with Crippen molar-refractivity contribution in [3.63, 3.8) is 0 Å². The van der Waals surface area contributed by atoms with Crippen molar-refractivity contribution >= 4 is 15.9 Å². The molecule has 1 atom stereocenters. The third kappa shape index (κ3) is 5.45. The van der Waals surface area contributed by atoms with Gasteiger partial charge in [0.2, 0.25) is 0 Å². The van der Waals surface area contributed by atoms with Crippen molar-refractivity contribution in [3.05, 3.63) is 28.2 Å². The van der Waals surface area contributed by atoms with Crippen LogP contribution in [0.3, 0.4) is 0 Å². The van der Waals surface area contributed by atoms with Gasteiger partial charge < -0.3 is 14.7 Å². The van der Waals surface area contributed by atoms with Crippen LogP contribution < -0.4 is 4.74 Å². The summed E-state index contributed by atoms with van der Waals surface area (Å²) < 4.78 is 6.57. The molecule has 0 amide bonds. The first-order valence-corrected chi connectivity index (χ1v) is 10.6. The number of aliphatic hydroxyl groups excluding tert-OH is 1. The first-order valence-electron chi connectivity index (χ1n) is 9.83. The summed E-state index contributed by atoms with van der Waals surface area (Å²) in [6.45, 7) is 4.12. The van der Waals surface area contributed by atoms with E-state index in [4.69, 9.17) is 4.74 Å². The van der Waals surface area contributed by atoms with Crippen molar-refractivity contribution in [2.24, 2.45) is 17.8 Å². The minimum atomic E-state index is 0.389. The third-order valence-electron chi connectivity index (χ3n) is 6.21. The lowest BCUT2D eigenvalue weighted by Gasteiger charge is -2.28. The third-order valence-corrected chi connectivity index (χ3v) is 6.98. The highest BCUT2D eigenvalue weighted by molar-refractivity contribution is 9.10. The molecule has 1 aliphatic carbocycles. The molecule has 3 rings (SSSR count). The van der Waals surface area contributed by atoms with Gasteiger partial charge in [-0.15, -0.1) is 0 Å². The lowest BCUT2D eigenvalue weighted by atomic mass is 9.81. The van der Waals surface area contributed by atoms with Crippen LogP contribution in [0.4, 0.5) is 0 Å². The predicted molar refractivity (Wildman–Crippen MR) is 106 cm³/mol. The van der Waals surface area contributed by atoms with Crippen molar-refractivity contribution < 1.29 is 9.84 Å². The monoisotopic (exact) mass is 409 g/mol. The molecule has 1 saturated carbocycles. The van der Waals surface area contributed by atoms with Gasteiger partial charge in [-0.3, -0.25) is 0 Å². The number of halogens is 1. The fraction of sp³-hybridized carbons (Fsp3) is 0.714. The predicted octanol–water partition coefficient (Wildman–Crippen LogP) is 4.51. The molecular formula is C21H32BrNO2. The van der Waals surface area contributed by atoms with Crippen LogP contribution in [0.1, 0.15) is 44.1 Å². The molecule has 0 radical (unpaired) electrons. The Hall–Kier alpha value is -0.580. The van der Waals surface area contributed by atoms with Crippen molar-refractivity contribution in [1.29, 1.82) is 0 Å². The van der Waals surface area contributed by atoms with Gasteiger partial charge in [0.1, 0.15) is 5.75 Å². The number of hydrogen-bond acceptors (Lipinski definition) is 3. The van der Waals surface area contributed by atoms with Gasteiger partial charge in [0, 0.05) is 17.6 Å². The van der Waals surface area contributed by atoms with E-state index >= 15 is 0 Å². The SMILES string of the molecule is COc1ccc(Br)c(CC2CCN(CCC3CCC(CO)CC3)C2)c1. The van der Waals surface area contributed by atoms with E-state index in [1.807, 2.05) is 6.07 Å². The Morgan fingerprint density at radius 2 is 1.88 bits per heavy atom. The normalized spacial score (nSPS) is 27.6. The number of benzene rings is 1. The van der Waals surface area contributed by atoms with Crippen LogP contribution in [0.15, 0.2) is 22.7 Å². The smallest absolute Gasteiger partial charge is 0.119 e. The van der Waals surface area contributed by atoms with E-state index in [2.05, 4.69) is 33.0 Å². The van der Waals surface area contributed by atoms with Gasteiger partial charge in [-0.05, 0) is 86.7 Å². The van der Waals surface area contributed by atoms with E-state index in [0.29, 0.717) is 12.5 Å². The van der Waals surface area contributed by atoms with Crippen LogP contribution in [0, 0.1) is 17.8 Å². The van der Waals surface area contributed by atoms with Crippen molar-refractivity contribution in [3.8, 4) is 5.75 Å². The first kappa shape index (κ1) is 19.2. The molecule has 2 fully saturated rings. The molecule has 0 spiro atoms. The first-order chi connectivity index (χ1) is 12.2. The second-order valence-corrected chi connectivity index (χ2v) is 8.83. The number of nitrogens with zero attached hydrogens (tertiary/aromatic N) is 1. The highest BCUT2D eigenvalue weighted by atomic mass is 79.9. The number of methoxy groups -OCH3 is 1. The molecule has 1 heterocycles. The maximum absolute atomic E-state index is 9.26. The summed E-state index contributed by atoms with van der Waals surface area (Å²) in [5, 5.41) is 9.26. The van der Waals surface area contributed by atoms with Crippen LogP contribution in [-0.2, 0) is 6.42 Å². The molecule has 1 aromatic rings. The van der Waals surface area contributed by atoms with E-state index in [1.165, 1.54) is 68.2 Å². The molecule has 4 heteroatoms. The van der Waals surface area contributed by atoms with E-state index in [1.54, 1.807) is 7.11 Å². The van der Waals surface area contributed by atoms with Gasteiger partial charge in [0.05, 0.1) is 7.11 Å². The second kappa shape index (κ2) is 9.38. The Kier molecular flexibility index (Phi) is 7.20. The van der Waals surface area contributed by atoms with Crippen LogP contribution in [0.25, 0.3) is 0 Å². The average Bonchev–Trinajstić information content (AvgIpc) is 3.09. The standard InChI is InChI=1S/C21H32BrNO2/c1-25-20-6-7-21(22)19(13-20)12-18-9-11-23(14-18)10-8-16-2-4-17(15-24)5-3-16/h6-7,13,16-18,24H,2-5,8-12,14-15H2,1H3. The molecule has 1 saturated heterocycles. The highest BCUT2D eigenvalue weighted by Crippen LogP contribution is 2.32. The number of likely N-dealkylation sites (tertiary alicyclic amines) is 1. The zero-order chi connectivity index (χ0) is 17.6. The molecule has 25 heavy (non-hydrogen) atoms. The molecule has 2 aliphatic rings. The van der Waals surface area contributed by atoms with Crippen LogP contribution in [0.2, 0.25) is 0 Å². The summed E-state index contributed by atoms with van der Waals surface area (Å²) in [4.78, 5) is 2.66. The van der Waals surface area contributed by atoms with Crippen LogP contribution >= 0.6 is 15.9 Å². The summed E-state index contributed by atoms with van der Waals surface area (Å²) in [7, 11) is 1.73. The molecular weight excluding hydrogens is 378 g/mol. The zero-order valence-electron chi connectivity index (χ0n) is 15.4. The van der Waals surface area contributed by atoms with E-state index in [9.17, 15) is 5.11 Å². The summed E-state index contributed by atoms with van der Waals surface area (Å²) in [6.07, 6.45) is 8.88. The summed E-state index contributed by atoms with van der Waals surface area (Å²) in [6, 6.07) is 6.29. The minimum absolute atomic E-state index is 0.389.